The van der Waals surface area contributed by atoms with Crippen molar-refractivity contribution in [1.29, 1.82) is 0 Å². The number of carbonyl (C=O) groups excluding carboxylic acids is 1. The lowest BCUT2D eigenvalue weighted by Gasteiger charge is -2.26. The van der Waals surface area contributed by atoms with Crippen molar-refractivity contribution in [3.05, 3.63) is 0 Å². The Morgan fingerprint density at radius 1 is 1.54 bits per heavy atom. The third kappa shape index (κ3) is 3.66. The summed E-state index contributed by atoms with van der Waals surface area (Å²) >= 11 is 0. The van der Waals surface area contributed by atoms with Gasteiger partial charge in [0.2, 0.25) is 0 Å². The van der Waals surface area contributed by atoms with Crippen LogP contribution in [-0.2, 0) is 4.74 Å². The minimum absolute atomic E-state index is 0.262. The quantitative estimate of drug-likeness (QED) is 0.717. The van der Waals surface area contributed by atoms with Crippen molar-refractivity contribution in [2.45, 2.75) is 45.6 Å². The largest absolute Gasteiger partial charge is 0.450 e. The molecule has 0 aromatic carbocycles. The second-order valence-electron chi connectivity index (χ2n) is 3.83. The number of carbonyl (C=O) groups is 1. The van der Waals surface area contributed by atoms with Crippen LogP contribution >= 0.6 is 0 Å². The number of amides is 1. The topological polar surface area (TPSA) is 38.3 Å². The van der Waals surface area contributed by atoms with Gasteiger partial charge in [-0.15, -0.1) is 0 Å². The molecule has 1 rings (SSSR count). The van der Waals surface area contributed by atoms with E-state index in [1.165, 1.54) is 12.8 Å². The predicted octanol–water partition coefficient (Wildman–Crippen LogP) is 2.31. The molecule has 3 nitrogen and oxygen atoms in total. The molecule has 1 aliphatic carbocycles. The van der Waals surface area contributed by atoms with Gasteiger partial charge in [0.1, 0.15) is 0 Å². The summed E-state index contributed by atoms with van der Waals surface area (Å²) in [6.07, 6.45) is 4.45. The summed E-state index contributed by atoms with van der Waals surface area (Å²) in [5, 5.41) is 2.89. The van der Waals surface area contributed by atoms with Crippen LogP contribution in [0.2, 0.25) is 0 Å². The number of alkyl carbamates (subject to hydrolysis) is 1. The fourth-order valence-corrected chi connectivity index (χ4v) is 1.90. The van der Waals surface area contributed by atoms with Crippen molar-refractivity contribution in [3.8, 4) is 0 Å². The molecular weight excluding hydrogens is 166 g/mol. The maximum Gasteiger partial charge on any atom is 0.407 e. The molecule has 76 valence electrons. The Kier molecular flexibility index (Phi) is 4.06. The first-order valence-electron chi connectivity index (χ1n) is 5.15. The molecule has 0 spiro atoms. The highest BCUT2D eigenvalue weighted by molar-refractivity contribution is 5.67. The number of ether oxygens (including phenoxy) is 1. The van der Waals surface area contributed by atoms with Crippen molar-refractivity contribution < 1.29 is 9.53 Å². The van der Waals surface area contributed by atoms with E-state index < -0.39 is 0 Å². The summed E-state index contributed by atoms with van der Waals surface area (Å²) in [5.41, 5.74) is 0. The molecule has 3 heteroatoms. The van der Waals surface area contributed by atoms with Crippen LogP contribution in [0.25, 0.3) is 0 Å². The number of hydrogen-bond acceptors (Lipinski definition) is 2. The molecule has 0 heterocycles. The molecule has 1 fully saturated rings. The van der Waals surface area contributed by atoms with E-state index in [0.29, 0.717) is 12.6 Å². The summed E-state index contributed by atoms with van der Waals surface area (Å²) in [4.78, 5) is 11.1. The SMILES string of the molecule is CCOC(=O)N[C@@H]1CCC[C@H](C)C1. The van der Waals surface area contributed by atoms with Crippen LogP contribution in [0.1, 0.15) is 39.5 Å². The van der Waals surface area contributed by atoms with E-state index in [2.05, 4.69) is 12.2 Å². The molecule has 0 aliphatic heterocycles. The van der Waals surface area contributed by atoms with E-state index >= 15 is 0 Å². The number of rotatable bonds is 2. The van der Waals surface area contributed by atoms with E-state index in [-0.39, 0.29) is 6.09 Å². The Labute approximate surface area is 79.8 Å². The fourth-order valence-electron chi connectivity index (χ4n) is 1.90. The van der Waals surface area contributed by atoms with Crippen molar-refractivity contribution in [2.24, 2.45) is 5.92 Å². The second-order valence-corrected chi connectivity index (χ2v) is 3.83. The van der Waals surface area contributed by atoms with Gasteiger partial charge in [0, 0.05) is 6.04 Å². The highest BCUT2D eigenvalue weighted by Crippen LogP contribution is 2.23. The van der Waals surface area contributed by atoms with E-state index in [9.17, 15) is 4.79 Å². The maximum absolute atomic E-state index is 11.1. The molecule has 0 saturated heterocycles. The summed E-state index contributed by atoms with van der Waals surface area (Å²) in [7, 11) is 0. The summed E-state index contributed by atoms with van der Waals surface area (Å²) in [6.45, 7) is 4.51. The smallest absolute Gasteiger partial charge is 0.407 e. The lowest BCUT2D eigenvalue weighted by Crippen LogP contribution is -2.38. The first kappa shape index (κ1) is 10.4. The highest BCUT2D eigenvalue weighted by Gasteiger charge is 2.20. The van der Waals surface area contributed by atoms with Crippen LogP contribution in [0.4, 0.5) is 4.79 Å². The van der Waals surface area contributed by atoms with Gasteiger partial charge in [-0.3, -0.25) is 0 Å². The fraction of sp³-hybridized carbons (Fsp3) is 0.900. The van der Waals surface area contributed by atoms with E-state index in [4.69, 9.17) is 4.74 Å². The minimum atomic E-state index is -0.262. The lowest BCUT2D eigenvalue weighted by molar-refractivity contribution is 0.143. The van der Waals surface area contributed by atoms with Crippen molar-refractivity contribution in [2.75, 3.05) is 6.61 Å². The molecule has 0 unspecified atom stereocenters. The number of hydrogen-bond donors (Lipinski definition) is 1. The Bertz CT molecular complexity index is 170. The summed E-state index contributed by atoms with van der Waals surface area (Å²) in [5.74, 6) is 0.737. The summed E-state index contributed by atoms with van der Waals surface area (Å²) in [6, 6.07) is 0.336. The van der Waals surface area contributed by atoms with Crippen LogP contribution in [0.15, 0.2) is 0 Å². The molecular formula is C10H19NO2. The van der Waals surface area contributed by atoms with Crippen molar-refractivity contribution >= 4 is 6.09 Å². The second kappa shape index (κ2) is 5.10. The molecule has 1 N–H and O–H groups in total. The molecule has 0 aromatic heterocycles. The van der Waals surface area contributed by atoms with Crippen LogP contribution < -0.4 is 5.32 Å². The Morgan fingerprint density at radius 3 is 2.92 bits per heavy atom. The first-order valence-corrected chi connectivity index (χ1v) is 5.15. The standard InChI is InChI=1S/C10H19NO2/c1-3-13-10(12)11-9-6-4-5-8(2)7-9/h8-9H,3-7H2,1-2H3,(H,11,12)/t8-,9+/m0/s1. The van der Waals surface area contributed by atoms with Gasteiger partial charge < -0.3 is 10.1 Å². The Morgan fingerprint density at radius 2 is 2.31 bits per heavy atom. The molecule has 0 radical (unpaired) electrons. The molecule has 0 aromatic rings. The third-order valence-electron chi connectivity index (χ3n) is 2.53. The highest BCUT2D eigenvalue weighted by atomic mass is 16.5. The molecule has 1 saturated carbocycles. The maximum atomic E-state index is 11.1. The zero-order valence-electron chi connectivity index (χ0n) is 8.51. The number of nitrogens with one attached hydrogen (secondary N) is 1. The van der Waals surface area contributed by atoms with Crippen molar-refractivity contribution in [3.63, 3.8) is 0 Å². The van der Waals surface area contributed by atoms with Gasteiger partial charge in [0.15, 0.2) is 0 Å². The van der Waals surface area contributed by atoms with Crippen LogP contribution in [0.5, 0.6) is 0 Å². The normalized spacial score (nSPS) is 28.2. The first-order chi connectivity index (χ1) is 6.22. The van der Waals surface area contributed by atoms with Gasteiger partial charge in [-0.1, -0.05) is 19.8 Å². The molecule has 13 heavy (non-hydrogen) atoms. The van der Waals surface area contributed by atoms with Crippen LogP contribution in [-0.4, -0.2) is 18.7 Å². The van der Waals surface area contributed by atoms with Crippen LogP contribution in [0, 0.1) is 5.92 Å². The van der Waals surface area contributed by atoms with Gasteiger partial charge >= 0.3 is 6.09 Å². The Hall–Kier alpha value is -0.730. The molecule has 1 aliphatic rings. The molecule has 0 bridgehead atoms. The summed E-state index contributed by atoms with van der Waals surface area (Å²) < 4.78 is 4.83. The average molecular weight is 185 g/mol. The monoisotopic (exact) mass is 185 g/mol. The minimum Gasteiger partial charge on any atom is -0.450 e. The lowest BCUT2D eigenvalue weighted by atomic mass is 9.87. The van der Waals surface area contributed by atoms with Gasteiger partial charge in [-0.05, 0) is 25.7 Å². The van der Waals surface area contributed by atoms with Crippen molar-refractivity contribution in [1.82, 2.24) is 5.32 Å². The zero-order chi connectivity index (χ0) is 9.68. The van der Waals surface area contributed by atoms with E-state index in [1.807, 2.05) is 6.92 Å². The van der Waals surface area contributed by atoms with Gasteiger partial charge in [0.05, 0.1) is 6.61 Å². The predicted molar refractivity (Wildman–Crippen MR) is 51.6 cm³/mol. The average Bonchev–Trinajstić information content (AvgIpc) is 2.04. The van der Waals surface area contributed by atoms with Gasteiger partial charge in [-0.2, -0.15) is 0 Å². The zero-order valence-corrected chi connectivity index (χ0v) is 8.51. The van der Waals surface area contributed by atoms with Crippen LogP contribution in [0.3, 0.4) is 0 Å². The molecule has 2 atom stereocenters. The Balaban J connectivity index is 2.23. The molecule has 1 amide bonds. The van der Waals surface area contributed by atoms with E-state index in [1.54, 1.807) is 0 Å². The van der Waals surface area contributed by atoms with E-state index in [0.717, 1.165) is 18.8 Å². The van der Waals surface area contributed by atoms with Gasteiger partial charge in [-0.25, -0.2) is 4.79 Å². The van der Waals surface area contributed by atoms with Gasteiger partial charge in [0.25, 0.3) is 0 Å². The third-order valence-corrected chi connectivity index (χ3v) is 2.53.